The predicted octanol–water partition coefficient (Wildman–Crippen LogP) is 4.81. The molecule has 0 spiro atoms. The van der Waals surface area contributed by atoms with Gasteiger partial charge in [0.25, 0.3) is 5.91 Å². The third-order valence-electron chi connectivity index (χ3n) is 4.46. The molecule has 1 aliphatic heterocycles. The number of carbonyl (C=O) groups excluding carboxylic acids is 1. The van der Waals surface area contributed by atoms with Crippen molar-refractivity contribution in [1.82, 2.24) is 0 Å². The minimum absolute atomic E-state index is 0.140. The van der Waals surface area contributed by atoms with Gasteiger partial charge in [0.2, 0.25) is 0 Å². The van der Waals surface area contributed by atoms with E-state index < -0.39 is 17.5 Å². The van der Waals surface area contributed by atoms with Crippen LogP contribution >= 0.6 is 0 Å². The molecule has 4 rings (SSSR count). The first-order valence-electron chi connectivity index (χ1n) is 8.86. The Kier molecular flexibility index (Phi) is 4.91. The van der Waals surface area contributed by atoms with E-state index >= 15 is 0 Å². The first-order valence-corrected chi connectivity index (χ1v) is 8.86. The number of rotatable bonds is 4. The van der Waals surface area contributed by atoms with Crippen LogP contribution in [0.25, 0.3) is 6.08 Å². The summed E-state index contributed by atoms with van der Waals surface area (Å²) >= 11 is 0. The number of nitrogens with zero attached hydrogens (tertiary/aromatic N) is 2. The topological polar surface area (TPSA) is 41.9 Å². The number of carbonyl (C=O) groups is 1. The number of amidine groups is 1. The molecule has 29 heavy (non-hydrogen) atoms. The maximum Gasteiger partial charge on any atom is 0.282 e. The number of anilines is 1. The smallest absolute Gasteiger partial charge is 0.282 e. The summed E-state index contributed by atoms with van der Waals surface area (Å²) in [5.74, 6) is -0.587. The Balaban J connectivity index is 1.84. The monoisotopic (exact) mass is 390 g/mol. The zero-order valence-corrected chi connectivity index (χ0v) is 15.5. The molecule has 1 amide bonds. The molecule has 3 aromatic rings. The molecule has 0 saturated heterocycles. The number of benzene rings is 3. The summed E-state index contributed by atoms with van der Waals surface area (Å²) < 4.78 is 33.0. The molecule has 0 saturated carbocycles. The van der Waals surface area contributed by atoms with Crippen LogP contribution in [0.5, 0.6) is 5.75 Å². The van der Waals surface area contributed by atoms with Crippen LogP contribution in [0.1, 0.15) is 11.1 Å². The highest BCUT2D eigenvalue weighted by Crippen LogP contribution is 2.29. The molecule has 0 aliphatic carbocycles. The maximum absolute atomic E-state index is 14.5. The van der Waals surface area contributed by atoms with Crippen molar-refractivity contribution in [2.45, 2.75) is 0 Å². The zero-order valence-electron chi connectivity index (χ0n) is 15.5. The van der Waals surface area contributed by atoms with Gasteiger partial charge in [-0.25, -0.2) is 13.8 Å². The average molecular weight is 390 g/mol. The number of hydrogen-bond acceptors (Lipinski definition) is 3. The second-order valence-corrected chi connectivity index (χ2v) is 6.34. The van der Waals surface area contributed by atoms with E-state index in [1.165, 1.54) is 35.2 Å². The number of ether oxygens (including phenoxy) is 1. The van der Waals surface area contributed by atoms with Crippen molar-refractivity contribution < 1.29 is 18.3 Å². The van der Waals surface area contributed by atoms with Crippen molar-refractivity contribution >= 4 is 23.5 Å². The van der Waals surface area contributed by atoms with Gasteiger partial charge in [0.1, 0.15) is 23.1 Å². The minimum atomic E-state index is -0.506. The fourth-order valence-electron chi connectivity index (χ4n) is 3.06. The highest BCUT2D eigenvalue weighted by Gasteiger charge is 2.33. The van der Waals surface area contributed by atoms with E-state index in [0.29, 0.717) is 17.0 Å². The molecule has 4 nitrogen and oxygen atoms in total. The van der Waals surface area contributed by atoms with Crippen LogP contribution in [0, 0.1) is 11.6 Å². The molecule has 144 valence electrons. The first kappa shape index (κ1) is 18.6. The summed E-state index contributed by atoms with van der Waals surface area (Å²) in [6.07, 6.45) is 1.61. The van der Waals surface area contributed by atoms with E-state index in [-0.39, 0.29) is 17.1 Å². The second-order valence-electron chi connectivity index (χ2n) is 6.34. The zero-order chi connectivity index (χ0) is 20.4. The van der Waals surface area contributed by atoms with Gasteiger partial charge in [0, 0.05) is 0 Å². The Morgan fingerprint density at radius 3 is 2.45 bits per heavy atom. The van der Waals surface area contributed by atoms with E-state index in [0.717, 1.165) is 0 Å². The molecule has 0 aromatic heterocycles. The molecule has 3 aromatic carbocycles. The van der Waals surface area contributed by atoms with Gasteiger partial charge >= 0.3 is 0 Å². The molecule has 0 radical (unpaired) electrons. The van der Waals surface area contributed by atoms with Crippen molar-refractivity contribution in [2.24, 2.45) is 4.99 Å². The van der Waals surface area contributed by atoms with Gasteiger partial charge in [-0.05, 0) is 60.2 Å². The van der Waals surface area contributed by atoms with Crippen LogP contribution in [0.2, 0.25) is 0 Å². The fraction of sp³-hybridized carbons (Fsp3) is 0.0435. The Hall–Kier alpha value is -3.80. The second kappa shape index (κ2) is 7.67. The van der Waals surface area contributed by atoms with Gasteiger partial charge in [-0.2, -0.15) is 0 Å². The van der Waals surface area contributed by atoms with Crippen molar-refractivity contribution in [2.75, 3.05) is 12.0 Å². The summed E-state index contributed by atoms with van der Waals surface area (Å²) in [5, 5.41) is 0. The predicted molar refractivity (Wildman–Crippen MR) is 108 cm³/mol. The van der Waals surface area contributed by atoms with Gasteiger partial charge < -0.3 is 4.74 Å². The largest absolute Gasteiger partial charge is 0.497 e. The van der Waals surface area contributed by atoms with Crippen molar-refractivity contribution in [3.63, 3.8) is 0 Å². The number of halogens is 2. The molecule has 0 fully saturated rings. The quantitative estimate of drug-likeness (QED) is 0.600. The van der Waals surface area contributed by atoms with Crippen LogP contribution in [0.4, 0.5) is 14.5 Å². The Morgan fingerprint density at radius 1 is 0.966 bits per heavy atom. The van der Waals surface area contributed by atoms with Gasteiger partial charge in [-0.3, -0.25) is 9.69 Å². The lowest BCUT2D eigenvalue weighted by Crippen LogP contribution is -2.33. The summed E-state index contributed by atoms with van der Waals surface area (Å²) in [5.41, 5.74) is 1.43. The molecule has 0 atom stereocenters. The molecular weight excluding hydrogens is 374 g/mol. The van der Waals surface area contributed by atoms with Crippen molar-refractivity contribution in [1.29, 1.82) is 0 Å². The van der Waals surface area contributed by atoms with Gasteiger partial charge in [-0.1, -0.05) is 24.3 Å². The van der Waals surface area contributed by atoms with Crippen LogP contribution in [0.3, 0.4) is 0 Å². The third kappa shape index (κ3) is 3.65. The van der Waals surface area contributed by atoms with Crippen LogP contribution < -0.4 is 9.64 Å². The summed E-state index contributed by atoms with van der Waals surface area (Å²) in [6, 6.07) is 18.6. The van der Waals surface area contributed by atoms with Crippen LogP contribution in [0.15, 0.2) is 83.5 Å². The number of amides is 1. The Bertz CT molecular complexity index is 1140. The molecule has 0 N–H and O–H groups in total. The summed E-state index contributed by atoms with van der Waals surface area (Å²) in [4.78, 5) is 18.8. The van der Waals surface area contributed by atoms with E-state index in [1.54, 1.807) is 49.6 Å². The molecule has 6 heteroatoms. The number of aliphatic imine (C=N–C) groups is 1. The minimum Gasteiger partial charge on any atom is -0.497 e. The number of methoxy groups -OCH3 is 1. The summed E-state index contributed by atoms with van der Waals surface area (Å²) in [6.45, 7) is 0. The molecule has 1 heterocycles. The Labute approximate surface area is 166 Å². The maximum atomic E-state index is 14.5. The van der Waals surface area contributed by atoms with Gasteiger partial charge in [0.15, 0.2) is 5.84 Å². The standard InChI is InChI=1S/C23H16F2N2O2/c1-29-18-6-4-5-15(13-18)14-21-23(28)27(17-11-9-16(24)10-12-17)22(26-21)19-7-2-3-8-20(19)25/h2-14H,1H3/b21-14+. The van der Waals surface area contributed by atoms with E-state index in [2.05, 4.69) is 4.99 Å². The first-order chi connectivity index (χ1) is 14.1. The molecule has 0 unspecified atom stereocenters. The van der Waals surface area contributed by atoms with E-state index in [1.807, 2.05) is 6.07 Å². The SMILES string of the molecule is COc1cccc(/C=C2/N=C(c3ccccc3F)N(c3ccc(F)cc3)C2=O)c1. The van der Waals surface area contributed by atoms with Crippen LogP contribution in [-0.2, 0) is 4.79 Å². The fourth-order valence-corrected chi connectivity index (χ4v) is 3.06. The highest BCUT2D eigenvalue weighted by atomic mass is 19.1. The highest BCUT2D eigenvalue weighted by molar-refractivity contribution is 6.33. The van der Waals surface area contributed by atoms with Gasteiger partial charge in [0.05, 0.1) is 18.4 Å². The Morgan fingerprint density at radius 2 is 1.72 bits per heavy atom. The third-order valence-corrected chi connectivity index (χ3v) is 4.46. The molecule has 0 bridgehead atoms. The van der Waals surface area contributed by atoms with Crippen molar-refractivity contribution in [3.05, 3.63) is 101 Å². The normalized spacial score (nSPS) is 15.0. The molecule has 1 aliphatic rings. The van der Waals surface area contributed by atoms with Crippen LogP contribution in [-0.4, -0.2) is 18.9 Å². The van der Waals surface area contributed by atoms with Gasteiger partial charge in [-0.15, -0.1) is 0 Å². The summed E-state index contributed by atoms with van der Waals surface area (Å²) in [7, 11) is 1.55. The lowest BCUT2D eigenvalue weighted by molar-refractivity contribution is -0.113. The van der Waals surface area contributed by atoms with E-state index in [9.17, 15) is 13.6 Å². The lowest BCUT2D eigenvalue weighted by Gasteiger charge is -2.18. The van der Waals surface area contributed by atoms with E-state index in [4.69, 9.17) is 4.74 Å². The van der Waals surface area contributed by atoms with Crippen molar-refractivity contribution in [3.8, 4) is 5.75 Å². The molecular formula is C23H16F2N2O2. The number of hydrogen-bond donors (Lipinski definition) is 0. The lowest BCUT2D eigenvalue weighted by atomic mass is 10.1. The average Bonchev–Trinajstić information content (AvgIpc) is 3.05.